The van der Waals surface area contributed by atoms with Crippen LogP contribution in [0.5, 0.6) is 5.75 Å². The van der Waals surface area contributed by atoms with Gasteiger partial charge in [0.25, 0.3) is 0 Å². The van der Waals surface area contributed by atoms with Crippen LogP contribution in [-0.4, -0.2) is 50.9 Å². The highest BCUT2D eigenvalue weighted by molar-refractivity contribution is 5.99. The van der Waals surface area contributed by atoms with Crippen LogP contribution in [0.2, 0.25) is 0 Å². The summed E-state index contributed by atoms with van der Waals surface area (Å²) in [6.07, 6.45) is 5.48. The van der Waals surface area contributed by atoms with Gasteiger partial charge in [0.1, 0.15) is 29.2 Å². The molecule has 0 saturated heterocycles. The number of amides is 1. The molecule has 43 heavy (non-hydrogen) atoms. The number of primary amides is 1. The molecule has 0 radical (unpaired) electrons. The zero-order valence-electron chi connectivity index (χ0n) is 24.5. The lowest BCUT2D eigenvalue weighted by Gasteiger charge is -2.39. The quantitative estimate of drug-likeness (QED) is 0.248. The van der Waals surface area contributed by atoms with Gasteiger partial charge in [-0.1, -0.05) is 42.5 Å². The number of esters is 1. The zero-order valence-corrected chi connectivity index (χ0v) is 24.5. The fourth-order valence-electron chi connectivity index (χ4n) is 7.06. The Labute approximate surface area is 249 Å². The van der Waals surface area contributed by atoms with Crippen LogP contribution in [-0.2, 0) is 19.7 Å². The number of aromatic nitrogens is 4. The average Bonchev–Trinajstić information content (AvgIpc) is 3.65. The maximum Gasteiger partial charge on any atom is 0.303 e. The Morgan fingerprint density at radius 2 is 1.84 bits per heavy atom. The van der Waals surface area contributed by atoms with E-state index in [1.807, 2.05) is 53.2 Å². The summed E-state index contributed by atoms with van der Waals surface area (Å²) in [5.74, 6) is 0.174. The van der Waals surface area contributed by atoms with Crippen molar-refractivity contribution in [2.24, 2.45) is 11.5 Å². The second kappa shape index (κ2) is 11.0. The summed E-state index contributed by atoms with van der Waals surface area (Å²) in [6, 6.07) is 15.7. The number of nitrogens with two attached hydrogens (primary N) is 3. The molecule has 4 aromatic rings. The highest BCUT2D eigenvalue weighted by Crippen LogP contribution is 2.62. The molecule has 224 valence electrons. The molecule has 1 amide bonds. The van der Waals surface area contributed by atoms with Crippen molar-refractivity contribution in [3.8, 4) is 17.0 Å². The molecular formula is C32H37N7O4. The third-order valence-electron chi connectivity index (χ3n) is 9.25. The number of benzene rings is 2. The summed E-state index contributed by atoms with van der Waals surface area (Å²) < 4.78 is 13.5. The first kappa shape index (κ1) is 28.6. The Morgan fingerprint density at radius 3 is 2.49 bits per heavy atom. The van der Waals surface area contributed by atoms with Crippen molar-refractivity contribution in [3.63, 3.8) is 0 Å². The van der Waals surface area contributed by atoms with Gasteiger partial charge in [-0.2, -0.15) is 5.10 Å². The highest BCUT2D eigenvalue weighted by atomic mass is 16.6. The van der Waals surface area contributed by atoms with Gasteiger partial charge in [0.05, 0.1) is 24.0 Å². The van der Waals surface area contributed by atoms with Crippen molar-refractivity contribution in [2.45, 2.75) is 68.4 Å². The molecule has 0 unspecified atom stereocenters. The second-order valence-electron chi connectivity index (χ2n) is 11.7. The van der Waals surface area contributed by atoms with E-state index in [0.29, 0.717) is 60.5 Å². The molecule has 0 spiro atoms. The lowest BCUT2D eigenvalue weighted by atomic mass is 9.80. The van der Waals surface area contributed by atoms with Crippen molar-refractivity contribution in [1.29, 1.82) is 0 Å². The van der Waals surface area contributed by atoms with Crippen molar-refractivity contribution in [3.05, 3.63) is 66.0 Å². The first-order chi connectivity index (χ1) is 20.7. The van der Waals surface area contributed by atoms with Gasteiger partial charge in [0, 0.05) is 24.0 Å². The molecule has 2 aromatic heterocycles. The highest BCUT2D eigenvalue weighted by Gasteiger charge is 2.61. The molecule has 0 bridgehead atoms. The minimum absolute atomic E-state index is 0.0180. The monoisotopic (exact) mass is 583 g/mol. The largest absolute Gasteiger partial charge is 0.496 e. The normalized spacial score (nSPS) is 24.9. The first-order valence-electron chi connectivity index (χ1n) is 14.6. The summed E-state index contributed by atoms with van der Waals surface area (Å²) >= 11 is 0. The van der Waals surface area contributed by atoms with Crippen LogP contribution in [0.15, 0.2) is 54.9 Å². The lowest BCUT2D eigenvalue weighted by molar-refractivity contribution is -0.162. The van der Waals surface area contributed by atoms with E-state index in [9.17, 15) is 9.59 Å². The SMILES string of the molecule is COc1cc(-c2nn(C3CCC(CCN)(OC(C)=O)CC3)c3ncnc(N)c23)ccc1[C@@]1(C(N)=O)C[C@H]1c1ccccc1. The third-order valence-corrected chi connectivity index (χ3v) is 9.25. The minimum atomic E-state index is -0.852. The Morgan fingerprint density at radius 1 is 1.09 bits per heavy atom. The summed E-state index contributed by atoms with van der Waals surface area (Å²) in [5.41, 5.74) is 20.7. The molecule has 2 heterocycles. The number of carbonyl (C=O) groups excluding carboxylic acids is 2. The van der Waals surface area contributed by atoms with Crippen molar-refractivity contribution in [1.82, 2.24) is 19.7 Å². The second-order valence-corrected chi connectivity index (χ2v) is 11.7. The Kier molecular flexibility index (Phi) is 7.29. The number of nitrogen functional groups attached to an aromatic ring is 1. The van der Waals surface area contributed by atoms with Gasteiger partial charge >= 0.3 is 5.97 Å². The maximum absolute atomic E-state index is 12.9. The van der Waals surface area contributed by atoms with Crippen LogP contribution >= 0.6 is 0 Å². The summed E-state index contributed by atoms with van der Waals surface area (Å²) in [4.78, 5) is 33.6. The molecule has 2 aliphatic rings. The number of hydrogen-bond donors (Lipinski definition) is 3. The zero-order chi connectivity index (χ0) is 30.4. The molecule has 6 rings (SSSR count). The van der Waals surface area contributed by atoms with Crippen LogP contribution in [0.4, 0.5) is 5.82 Å². The van der Waals surface area contributed by atoms with Crippen LogP contribution in [0.3, 0.4) is 0 Å². The minimum Gasteiger partial charge on any atom is -0.496 e. The smallest absolute Gasteiger partial charge is 0.303 e. The standard InChI is InChI=1S/C32H37N7O4/c1-19(40)43-31(14-15-33)12-10-22(11-13-31)39-29-26(28(34)36-18-37-29)27(38-39)21-8-9-23(25(16-21)42-2)32(30(35)41)17-24(32)20-6-4-3-5-7-20/h3-9,16,18,22,24H,10-15,17,33H2,1-2H3,(H2,35,41)(H2,34,36,37)/t22?,24-,31?,32-/m0/s1. The van der Waals surface area contributed by atoms with E-state index < -0.39 is 11.0 Å². The van der Waals surface area contributed by atoms with E-state index in [1.165, 1.54) is 13.3 Å². The van der Waals surface area contributed by atoms with Crippen LogP contribution in [0, 0.1) is 0 Å². The summed E-state index contributed by atoms with van der Waals surface area (Å²) in [7, 11) is 1.59. The molecule has 2 aliphatic carbocycles. The molecule has 2 saturated carbocycles. The fourth-order valence-corrected chi connectivity index (χ4v) is 7.06. The van der Waals surface area contributed by atoms with Gasteiger partial charge in [-0.3, -0.25) is 9.59 Å². The van der Waals surface area contributed by atoms with Gasteiger partial charge in [-0.25, -0.2) is 14.6 Å². The molecule has 0 aliphatic heterocycles. The predicted octanol–water partition coefficient (Wildman–Crippen LogP) is 3.76. The summed E-state index contributed by atoms with van der Waals surface area (Å²) in [6.45, 7) is 1.88. The van der Waals surface area contributed by atoms with Crippen molar-refractivity contribution in [2.75, 3.05) is 19.4 Å². The average molecular weight is 584 g/mol. The summed E-state index contributed by atoms with van der Waals surface area (Å²) in [5, 5.41) is 5.68. The molecule has 11 heteroatoms. The first-order valence-corrected chi connectivity index (χ1v) is 14.6. The number of carbonyl (C=O) groups is 2. The Bertz CT molecular complexity index is 1680. The molecule has 6 N–H and O–H groups in total. The number of rotatable bonds is 9. The third kappa shape index (κ3) is 4.87. The topological polar surface area (TPSA) is 174 Å². The van der Waals surface area contributed by atoms with E-state index in [-0.39, 0.29) is 23.8 Å². The number of fused-ring (bicyclic) bond motifs is 1. The number of methoxy groups -OCH3 is 1. The van der Waals surface area contributed by atoms with Crippen molar-refractivity contribution < 1.29 is 19.1 Å². The van der Waals surface area contributed by atoms with E-state index in [2.05, 4.69) is 9.97 Å². The Balaban J connectivity index is 1.37. The predicted molar refractivity (Wildman–Crippen MR) is 162 cm³/mol. The van der Waals surface area contributed by atoms with Gasteiger partial charge in [0.2, 0.25) is 5.91 Å². The number of hydrogen-bond acceptors (Lipinski definition) is 9. The fraction of sp³-hybridized carbons (Fsp3) is 0.406. The molecule has 2 atom stereocenters. The van der Waals surface area contributed by atoms with E-state index in [4.69, 9.17) is 31.8 Å². The van der Waals surface area contributed by atoms with Crippen molar-refractivity contribution >= 4 is 28.7 Å². The molecule has 2 fully saturated rings. The number of anilines is 1. The van der Waals surface area contributed by atoms with Crippen LogP contribution < -0.4 is 21.9 Å². The molecule has 11 nitrogen and oxygen atoms in total. The van der Waals surface area contributed by atoms with Gasteiger partial charge in [-0.05, 0) is 56.7 Å². The van der Waals surface area contributed by atoms with Crippen LogP contribution in [0.1, 0.15) is 68.5 Å². The van der Waals surface area contributed by atoms with Gasteiger partial charge in [-0.15, -0.1) is 0 Å². The van der Waals surface area contributed by atoms with Gasteiger partial charge in [0.15, 0.2) is 5.65 Å². The molecular weight excluding hydrogens is 546 g/mol. The maximum atomic E-state index is 12.9. The number of ether oxygens (including phenoxy) is 2. The number of nitrogens with zero attached hydrogens (tertiary/aromatic N) is 4. The van der Waals surface area contributed by atoms with Gasteiger partial charge < -0.3 is 26.7 Å². The molecule has 2 aromatic carbocycles. The van der Waals surface area contributed by atoms with E-state index >= 15 is 0 Å². The van der Waals surface area contributed by atoms with E-state index in [1.54, 1.807) is 7.11 Å². The lowest BCUT2D eigenvalue weighted by Crippen LogP contribution is -2.41. The Hall–Kier alpha value is -4.51. The van der Waals surface area contributed by atoms with E-state index in [0.717, 1.165) is 29.5 Å². The van der Waals surface area contributed by atoms with Crippen LogP contribution in [0.25, 0.3) is 22.3 Å².